The molecule has 0 unspecified atom stereocenters. The van der Waals surface area contributed by atoms with E-state index in [9.17, 15) is 0 Å². The number of aryl methyl sites for hydroxylation is 2. The molecular formula is C19H23N7S. The fourth-order valence-corrected chi connectivity index (χ4v) is 3.56. The molecule has 0 atom stereocenters. The molecule has 0 saturated carbocycles. The van der Waals surface area contributed by atoms with E-state index in [4.69, 9.17) is 12.2 Å². The van der Waals surface area contributed by atoms with Crippen LogP contribution in [0.25, 0.3) is 5.69 Å². The summed E-state index contributed by atoms with van der Waals surface area (Å²) in [5.41, 5.74) is 3.49. The first kappa shape index (κ1) is 17.8. The van der Waals surface area contributed by atoms with Crippen molar-refractivity contribution in [1.29, 1.82) is 0 Å². The zero-order valence-corrected chi connectivity index (χ0v) is 16.4. The van der Waals surface area contributed by atoms with Crippen molar-refractivity contribution in [1.82, 2.24) is 29.2 Å². The van der Waals surface area contributed by atoms with Gasteiger partial charge >= 0.3 is 0 Å². The van der Waals surface area contributed by atoms with Crippen LogP contribution in [0.2, 0.25) is 0 Å². The molecular weight excluding hydrogens is 358 g/mol. The monoisotopic (exact) mass is 381 g/mol. The van der Waals surface area contributed by atoms with Crippen LogP contribution >= 0.6 is 12.2 Å². The van der Waals surface area contributed by atoms with Crippen molar-refractivity contribution in [3.63, 3.8) is 0 Å². The van der Waals surface area contributed by atoms with Crippen LogP contribution in [0, 0.1) is 18.6 Å². The van der Waals surface area contributed by atoms with Crippen LogP contribution < -0.4 is 4.90 Å². The van der Waals surface area contributed by atoms with Gasteiger partial charge in [0, 0.05) is 38.6 Å². The smallest absolute Gasteiger partial charge is 0.225 e. The molecule has 3 heterocycles. The van der Waals surface area contributed by atoms with Crippen molar-refractivity contribution in [2.45, 2.75) is 20.5 Å². The third kappa shape index (κ3) is 3.77. The first-order chi connectivity index (χ1) is 13.1. The molecule has 0 radical (unpaired) electrons. The SMILES string of the molecule is Cc1ccc(C)c(-n2cnn(CN3CCN(c4ncccn4)CC3)c2=S)c1. The van der Waals surface area contributed by atoms with Crippen molar-refractivity contribution < 1.29 is 0 Å². The Morgan fingerprint density at radius 2 is 1.78 bits per heavy atom. The van der Waals surface area contributed by atoms with Gasteiger partial charge in [-0.05, 0) is 49.3 Å². The van der Waals surface area contributed by atoms with Crippen LogP contribution in [-0.2, 0) is 6.67 Å². The van der Waals surface area contributed by atoms with Crippen LogP contribution in [0.4, 0.5) is 5.95 Å². The van der Waals surface area contributed by atoms with Gasteiger partial charge in [-0.1, -0.05) is 12.1 Å². The maximum Gasteiger partial charge on any atom is 0.225 e. The summed E-state index contributed by atoms with van der Waals surface area (Å²) in [5.74, 6) is 0.799. The predicted octanol–water partition coefficient (Wildman–Crippen LogP) is 2.59. The molecule has 1 aliphatic heterocycles. The van der Waals surface area contributed by atoms with E-state index in [1.165, 1.54) is 11.1 Å². The largest absolute Gasteiger partial charge is 0.338 e. The zero-order chi connectivity index (χ0) is 18.8. The number of anilines is 1. The van der Waals surface area contributed by atoms with Crippen molar-refractivity contribution in [3.8, 4) is 5.69 Å². The molecule has 7 nitrogen and oxygen atoms in total. The third-order valence-electron chi connectivity index (χ3n) is 4.90. The molecule has 4 rings (SSSR count). The summed E-state index contributed by atoms with van der Waals surface area (Å²) in [6.45, 7) is 8.53. The second-order valence-electron chi connectivity index (χ2n) is 6.87. The number of nitrogens with zero attached hydrogens (tertiary/aromatic N) is 7. The van der Waals surface area contributed by atoms with E-state index >= 15 is 0 Å². The van der Waals surface area contributed by atoms with Crippen LogP contribution in [-0.4, -0.2) is 55.4 Å². The molecule has 0 amide bonds. The van der Waals surface area contributed by atoms with Gasteiger partial charge in [-0.25, -0.2) is 14.6 Å². The van der Waals surface area contributed by atoms with Crippen LogP contribution in [0.5, 0.6) is 0 Å². The summed E-state index contributed by atoms with van der Waals surface area (Å²) in [7, 11) is 0. The third-order valence-corrected chi connectivity index (χ3v) is 5.31. The Hall–Kier alpha value is -2.58. The lowest BCUT2D eigenvalue weighted by atomic mass is 10.1. The highest BCUT2D eigenvalue weighted by Crippen LogP contribution is 2.17. The molecule has 0 bridgehead atoms. The van der Waals surface area contributed by atoms with Crippen molar-refractivity contribution in [3.05, 3.63) is 58.9 Å². The van der Waals surface area contributed by atoms with Gasteiger partial charge in [0.05, 0.1) is 12.4 Å². The van der Waals surface area contributed by atoms with Crippen LogP contribution in [0.1, 0.15) is 11.1 Å². The summed E-state index contributed by atoms with van der Waals surface area (Å²) in [6.07, 6.45) is 5.39. The number of hydrogen-bond acceptors (Lipinski definition) is 6. The molecule has 0 spiro atoms. The average Bonchev–Trinajstić information content (AvgIpc) is 3.05. The minimum atomic E-state index is 0.695. The van der Waals surface area contributed by atoms with Gasteiger partial charge in [-0.15, -0.1) is 0 Å². The van der Waals surface area contributed by atoms with Gasteiger partial charge < -0.3 is 4.90 Å². The molecule has 27 heavy (non-hydrogen) atoms. The topological polar surface area (TPSA) is 55.0 Å². The molecule has 1 fully saturated rings. The summed E-state index contributed by atoms with van der Waals surface area (Å²) < 4.78 is 4.61. The van der Waals surface area contributed by atoms with Crippen LogP contribution in [0.15, 0.2) is 43.0 Å². The molecule has 1 aromatic carbocycles. The molecule has 0 aliphatic carbocycles. The van der Waals surface area contributed by atoms with Gasteiger partial charge in [-0.3, -0.25) is 9.47 Å². The number of aromatic nitrogens is 5. The van der Waals surface area contributed by atoms with Gasteiger partial charge in [0.1, 0.15) is 6.33 Å². The zero-order valence-electron chi connectivity index (χ0n) is 15.6. The first-order valence-electron chi connectivity index (χ1n) is 9.08. The molecule has 140 valence electrons. The van der Waals surface area contributed by atoms with E-state index in [-0.39, 0.29) is 0 Å². The van der Waals surface area contributed by atoms with E-state index in [1.54, 1.807) is 12.4 Å². The summed E-state index contributed by atoms with van der Waals surface area (Å²) in [6, 6.07) is 8.22. The highest BCUT2D eigenvalue weighted by Gasteiger charge is 2.19. The van der Waals surface area contributed by atoms with Crippen LogP contribution in [0.3, 0.4) is 0 Å². The Morgan fingerprint density at radius 3 is 2.52 bits per heavy atom. The van der Waals surface area contributed by atoms with Crippen molar-refractivity contribution in [2.24, 2.45) is 0 Å². The second kappa shape index (κ2) is 7.58. The van der Waals surface area contributed by atoms with E-state index < -0.39 is 0 Å². The highest BCUT2D eigenvalue weighted by atomic mass is 32.1. The molecule has 1 aliphatic rings. The number of rotatable bonds is 4. The highest BCUT2D eigenvalue weighted by molar-refractivity contribution is 7.71. The summed E-state index contributed by atoms with van der Waals surface area (Å²) in [5, 5.41) is 4.53. The standard InChI is InChI=1S/C19H23N7S/c1-15-4-5-16(2)17(12-15)25-13-22-26(19(25)27)14-23-8-10-24(11-9-23)18-20-6-3-7-21-18/h3-7,12-13H,8-11,14H2,1-2H3. The van der Waals surface area contributed by atoms with E-state index in [0.717, 1.165) is 42.6 Å². The van der Waals surface area contributed by atoms with Crippen molar-refractivity contribution in [2.75, 3.05) is 31.1 Å². The molecule has 3 aromatic rings. The molecule has 8 heteroatoms. The van der Waals surface area contributed by atoms with Gasteiger partial charge in [-0.2, -0.15) is 5.10 Å². The summed E-state index contributed by atoms with van der Waals surface area (Å²) in [4.78, 5) is 13.2. The Kier molecular flexibility index (Phi) is 5.00. The molecule has 0 N–H and O–H groups in total. The molecule has 2 aromatic heterocycles. The maximum atomic E-state index is 5.68. The van der Waals surface area contributed by atoms with Gasteiger partial charge in [0.25, 0.3) is 0 Å². The Labute approximate surface area is 163 Å². The Morgan fingerprint density at radius 1 is 1.04 bits per heavy atom. The van der Waals surface area contributed by atoms with E-state index in [1.807, 2.05) is 21.6 Å². The average molecular weight is 382 g/mol. The number of benzene rings is 1. The Balaban J connectivity index is 1.45. The first-order valence-corrected chi connectivity index (χ1v) is 9.49. The predicted molar refractivity (Wildman–Crippen MR) is 108 cm³/mol. The normalized spacial score (nSPS) is 15.3. The minimum absolute atomic E-state index is 0.695. The number of piperazine rings is 1. The van der Waals surface area contributed by atoms with E-state index in [2.05, 4.69) is 56.9 Å². The van der Waals surface area contributed by atoms with Crippen molar-refractivity contribution >= 4 is 18.2 Å². The fourth-order valence-electron chi connectivity index (χ4n) is 3.31. The van der Waals surface area contributed by atoms with E-state index in [0.29, 0.717) is 6.67 Å². The lowest BCUT2D eigenvalue weighted by Crippen LogP contribution is -2.47. The minimum Gasteiger partial charge on any atom is -0.338 e. The quantitative estimate of drug-likeness (QED) is 0.648. The van der Waals surface area contributed by atoms with Gasteiger partial charge in [0.2, 0.25) is 10.7 Å². The lowest BCUT2D eigenvalue weighted by Gasteiger charge is -2.34. The van der Waals surface area contributed by atoms with Gasteiger partial charge in [0.15, 0.2) is 0 Å². The molecule has 1 saturated heterocycles. The second-order valence-corrected chi connectivity index (χ2v) is 7.23. The maximum absolute atomic E-state index is 5.68. The number of hydrogen-bond donors (Lipinski definition) is 0. The fraction of sp³-hybridized carbons (Fsp3) is 0.368. The lowest BCUT2D eigenvalue weighted by molar-refractivity contribution is 0.193. The Bertz CT molecular complexity index is 971. The summed E-state index contributed by atoms with van der Waals surface area (Å²) >= 11 is 5.68.